The lowest BCUT2D eigenvalue weighted by molar-refractivity contribution is -0.143. The van der Waals surface area contributed by atoms with Crippen LogP contribution in [0.25, 0.3) is 0 Å². The SMILES string of the molecule is COC(=O)CC(=O)CC(F)F. The van der Waals surface area contributed by atoms with Gasteiger partial charge in [0.15, 0.2) is 0 Å². The molecule has 0 amide bonds. The van der Waals surface area contributed by atoms with Crippen LogP contribution in [0.2, 0.25) is 0 Å². The second kappa shape index (κ2) is 4.76. The number of hydrogen-bond donors (Lipinski definition) is 0. The van der Waals surface area contributed by atoms with E-state index < -0.39 is 31.0 Å². The molecule has 0 radical (unpaired) electrons. The number of hydrogen-bond acceptors (Lipinski definition) is 3. The molecule has 11 heavy (non-hydrogen) atoms. The molecule has 0 rings (SSSR count). The largest absolute Gasteiger partial charge is 0.469 e. The molecule has 0 aromatic rings. The molecule has 0 aliphatic heterocycles. The van der Waals surface area contributed by atoms with E-state index in [4.69, 9.17) is 0 Å². The number of esters is 1. The van der Waals surface area contributed by atoms with Crippen molar-refractivity contribution < 1.29 is 23.1 Å². The highest BCUT2D eigenvalue weighted by molar-refractivity contribution is 5.95. The summed E-state index contributed by atoms with van der Waals surface area (Å²) in [6.07, 6.45) is -4.14. The molecule has 0 aliphatic carbocycles. The Morgan fingerprint density at radius 2 is 2.00 bits per heavy atom. The topological polar surface area (TPSA) is 43.4 Å². The summed E-state index contributed by atoms with van der Waals surface area (Å²) in [4.78, 5) is 20.8. The molecular formula is C6H8F2O3. The van der Waals surface area contributed by atoms with Crippen molar-refractivity contribution in [3.05, 3.63) is 0 Å². The minimum Gasteiger partial charge on any atom is -0.469 e. The Kier molecular flexibility index (Phi) is 4.33. The van der Waals surface area contributed by atoms with Crippen molar-refractivity contribution >= 4 is 11.8 Å². The average molecular weight is 166 g/mol. The van der Waals surface area contributed by atoms with Crippen LogP contribution in [0, 0.1) is 0 Å². The average Bonchev–Trinajstić information content (AvgIpc) is 1.85. The van der Waals surface area contributed by atoms with E-state index in [1.165, 1.54) is 0 Å². The van der Waals surface area contributed by atoms with Crippen molar-refractivity contribution in [2.75, 3.05) is 7.11 Å². The maximum atomic E-state index is 11.5. The van der Waals surface area contributed by atoms with Crippen LogP contribution < -0.4 is 0 Å². The molecule has 0 saturated heterocycles. The third-order valence-electron chi connectivity index (χ3n) is 0.951. The molecule has 0 spiro atoms. The summed E-state index contributed by atoms with van der Waals surface area (Å²) in [7, 11) is 1.10. The van der Waals surface area contributed by atoms with Gasteiger partial charge < -0.3 is 4.74 Å². The lowest BCUT2D eigenvalue weighted by atomic mass is 10.2. The second-order valence-corrected chi connectivity index (χ2v) is 1.89. The predicted octanol–water partition coefficient (Wildman–Crippen LogP) is 0.774. The van der Waals surface area contributed by atoms with E-state index in [1.807, 2.05) is 0 Å². The monoisotopic (exact) mass is 166 g/mol. The van der Waals surface area contributed by atoms with Crippen molar-refractivity contribution in [3.8, 4) is 0 Å². The van der Waals surface area contributed by atoms with Crippen LogP contribution in [0.5, 0.6) is 0 Å². The molecule has 0 aliphatic rings. The first-order valence-electron chi connectivity index (χ1n) is 2.93. The summed E-state index contributed by atoms with van der Waals surface area (Å²) in [6, 6.07) is 0. The van der Waals surface area contributed by atoms with Crippen molar-refractivity contribution in [1.29, 1.82) is 0 Å². The molecule has 0 aromatic heterocycles. The molecule has 64 valence electrons. The maximum Gasteiger partial charge on any atom is 0.313 e. The van der Waals surface area contributed by atoms with Crippen molar-refractivity contribution in [2.45, 2.75) is 19.3 Å². The lowest BCUT2D eigenvalue weighted by Gasteiger charge is -1.97. The molecular weight excluding hydrogens is 158 g/mol. The quantitative estimate of drug-likeness (QED) is 0.457. The second-order valence-electron chi connectivity index (χ2n) is 1.89. The Morgan fingerprint density at radius 1 is 1.45 bits per heavy atom. The van der Waals surface area contributed by atoms with Crippen LogP contribution in [0.4, 0.5) is 8.78 Å². The summed E-state index contributed by atoms with van der Waals surface area (Å²) in [5.74, 6) is -1.58. The molecule has 0 saturated carbocycles. The molecule has 0 aromatic carbocycles. The number of rotatable bonds is 4. The standard InChI is InChI=1S/C6H8F2O3/c1-11-6(10)3-4(9)2-5(7)8/h5H,2-3H2,1H3. The number of ether oxygens (including phenoxy) is 1. The summed E-state index contributed by atoms with van der Waals surface area (Å²) >= 11 is 0. The van der Waals surface area contributed by atoms with E-state index in [0.717, 1.165) is 7.11 Å². The van der Waals surface area contributed by atoms with Gasteiger partial charge in [-0.3, -0.25) is 9.59 Å². The summed E-state index contributed by atoms with van der Waals surface area (Å²) in [5, 5.41) is 0. The zero-order chi connectivity index (χ0) is 8.85. The van der Waals surface area contributed by atoms with E-state index in [1.54, 1.807) is 0 Å². The van der Waals surface area contributed by atoms with Gasteiger partial charge >= 0.3 is 5.97 Å². The van der Waals surface area contributed by atoms with Crippen molar-refractivity contribution in [1.82, 2.24) is 0 Å². The fourth-order valence-corrected chi connectivity index (χ4v) is 0.477. The number of methoxy groups -OCH3 is 1. The molecule has 0 fully saturated rings. The normalized spacial score (nSPS) is 9.82. The maximum absolute atomic E-state index is 11.5. The van der Waals surface area contributed by atoms with Gasteiger partial charge in [0.2, 0.25) is 6.43 Å². The third-order valence-corrected chi connectivity index (χ3v) is 0.951. The summed E-state index contributed by atoms with van der Waals surface area (Å²) in [6.45, 7) is 0. The minimum absolute atomic E-state index is 0.569. The van der Waals surface area contributed by atoms with E-state index in [-0.39, 0.29) is 0 Å². The number of ketones is 1. The number of halogens is 2. The number of carbonyl (C=O) groups is 2. The Bertz CT molecular complexity index is 156. The highest BCUT2D eigenvalue weighted by atomic mass is 19.3. The Hall–Kier alpha value is -1.00. The third kappa shape index (κ3) is 5.44. The fourth-order valence-electron chi connectivity index (χ4n) is 0.477. The van der Waals surface area contributed by atoms with Gasteiger partial charge in [-0.15, -0.1) is 0 Å². The zero-order valence-corrected chi connectivity index (χ0v) is 5.97. The minimum atomic E-state index is -2.69. The summed E-state index contributed by atoms with van der Waals surface area (Å²) in [5.41, 5.74) is 0. The molecule has 5 heteroatoms. The van der Waals surface area contributed by atoms with Gasteiger partial charge in [-0.05, 0) is 0 Å². The number of carbonyl (C=O) groups excluding carboxylic acids is 2. The van der Waals surface area contributed by atoms with E-state index in [0.29, 0.717) is 0 Å². The Morgan fingerprint density at radius 3 is 2.36 bits per heavy atom. The smallest absolute Gasteiger partial charge is 0.313 e. The molecule has 0 unspecified atom stereocenters. The van der Waals surface area contributed by atoms with Crippen LogP contribution in [-0.2, 0) is 14.3 Å². The fraction of sp³-hybridized carbons (Fsp3) is 0.667. The van der Waals surface area contributed by atoms with Gasteiger partial charge in [-0.25, -0.2) is 8.78 Å². The Balaban J connectivity index is 3.61. The molecule has 3 nitrogen and oxygen atoms in total. The first kappa shape index (κ1) is 10.0. The summed E-state index contributed by atoms with van der Waals surface area (Å²) < 4.78 is 27.0. The van der Waals surface area contributed by atoms with Gasteiger partial charge in [0.1, 0.15) is 12.2 Å². The van der Waals surface area contributed by atoms with E-state index >= 15 is 0 Å². The molecule has 0 bridgehead atoms. The first-order valence-corrected chi connectivity index (χ1v) is 2.93. The first-order chi connectivity index (χ1) is 5.06. The van der Waals surface area contributed by atoms with Gasteiger partial charge in [0, 0.05) is 0 Å². The molecule has 0 N–H and O–H groups in total. The highest BCUT2D eigenvalue weighted by Crippen LogP contribution is 2.02. The van der Waals surface area contributed by atoms with E-state index in [9.17, 15) is 18.4 Å². The van der Waals surface area contributed by atoms with Crippen molar-refractivity contribution in [3.63, 3.8) is 0 Å². The highest BCUT2D eigenvalue weighted by Gasteiger charge is 2.14. The Labute approximate surface area is 62.3 Å². The van der Waals surface area contributed by atoms with Crippen molar-refractivity contribution in [2.24, 2.45) is 0 Å². The van der Waals surface area contributed by atoms with Crippen LogP contribution in [0.15, 0.2) is 0 Å². The molecule has 0 heterocycles. The van der Waals surface area contributed by atoms with Crippen LogP contribution in [0.3, 0.4) is 0 Å². The van der Waals surface area contributed by atoms with E-state index in [2.05, 4.69) is 4.74 Å². The number of Topliss-reactive ketones (excluding diaryl/α,β-unsaturated/α-hetero) is 1. The molecule has 0 atom stereocenters. The van der Waals surface area contributed by atoms with Gasteiger partial charge in [-0.1, -0.05) is 0 Å². The predicted molar refractivity (Wildman–Crippen MR) is 32.3 cm³/mol. The van der Waals surface area contributed by atoms with Crippen LogP contribution in [0.1, 0.15) is 12.8 Å². The van der Waals surface area contributed by atoms with Crippen LogP contribution in [-0.4, -0.2) is 25.3 Å². The van der Waals surface area contributed by atoms with Crippen LogP contribution >= 0.6 is 0 Å². The number of alkyl halides is 2. The lowest BCUT2D eigenvalue weighted by Crippen LogP contribution is -2.11. The van der Waals surface area contributed by atoms with Gasteiger partial charge in [-0.2, -0.15) is 0 Å². The van der Waals surface area contributed by atoms with Gasteiger partial charge in [0.05, 0.1) is 13.5 Å². The zero-order valence-electron chi connectivity index (χ0n) is 5.97. The van der Waals surface area contributed by atoms with Gasteiger partial charge in [0.25, 0.3) is 0 Å².